The van der Waals surface area contributed by atoms with Crippen LogP contribution in [0, 0.1) is 5.92 Å². The van der Waals surface area contributed by atoms with Gasteiger partial charge in [-0.2, -0.15) is 9.97 Å². The molecule has 0 saturated heterocycles. The van der Waals surface area contributed by atoms with Gasteiger partial charge < -0.3 is 32.3 Å². The van der Waals surface area contributed by atoms with Gasteiger partial charge >= 0.3 is 11.9 Å². The molecular weight excluding hydrogens is 432 g/mol. The molecule has 2 atom stereocenters. The van der Waals surface area contributed by atoms with Crippen LogP contribution < -0.4 is 22.1 Å². The van der Waals surface area contributed by atoms with Gasteiger partial charge in [-0.3, -0.25) is 14.4 Å². The Labute approximate surface area is 188 Å². The highest BCUT2D eigenvalue weighted by molar-refractivity contribution is 5.97. The van der Waals surface area contributed by atoms with Gasteiger partial charge in [-0.05, 0) is 43.4 Å². The molecule has 2 heterocycles. The topological polar surface area (TPSA) is 211 Å². The standard InChI is InChI=1S/C21H24N6O6/c22-16-13-9-12(19(31)26-17(13)27-21(23)25-16)6-3-10-1-4-11(5-2-10)18(30)24-14(20(32)33)7-8-15(28)29/h1-2,4-5,12,14H,3,6-9H2,(H,24,30)(H,28,29)(H,32,33)(H5,22,23,25,26,27,31). The van der Waals surface area contributed by atoms with Crippen LogP contribution in [0.25, 0.3) is 0 Å². The first-order valence-electron chi connectivity index (χ1n) is 10.2. The second kappa shape index (κ2) is 9.94. The second-order valence-electron chi connectivity index (χ2n) is 7.72. The fourth-order valence-corrected chi connectivity index (χ4v) is 3.55. The summed E-state index contributed by atoms with van der Waals surface area (Å²) < 4.78 is 0. The number of nitrogens with two attached hydrogens (primary N) is 2. The number of amides is 2. The lowest BCUT2D eigenvalue weighted by Gasteiger charge is -2.24. The molecule has 174 valence electrons. The maximum atomic E-state index is 12.4. The Balaban J connectivity index is 1.58. The van der Waals surface area contributed by atoms with Gasteiger partial charge in [-0.15, -0.1) is 0 Å². The smallest absolute Gasteiger partial charge is 0.326 e. The summed E-state index contributed by atoms with van der Waals surface area (Å²) in [6.07, 6.45) is 0.878. The minimum absolute atomic E-state index is 0.00862. The van der Waals surface area contributed by atoms with Crippen molar-refractivity contribution < 1.29 is 29.4 Å². The molecule has 12 heteroatoms. The molecule has 12 nitrogen and oxygen atoms in total. The van der Waals surface area contributed by atoms with Gasteiger partial charge in [0.1, 0.15) is 17.7 Å². The minimum atomic E-state index is -1.30. The number of aromatic nitrogens is 2. The van der Waals surface area contributed by atoms with E-state index in [-0.39, 0.29) is 42.0 Å². The number of nitrogens with one attached hydrogen (secondary N) is 2. The molecule has 1 aliphatic rings. The van der Waals surface area contributed by atoms with Crippen molar-refractivity contribution in [3.63, 3.8) is 0 Å². The summed E-state index contributed by atoms with van der Waals surface area (Å²) in [5.41, 5.74) is 13.2. The lowest BCUT2D eigenvalue weighted by molar-refractivity contribution is -0.140. The third kappa shape index (κ3) is 5.93. The summed E-state index contributed by atoms with van der Waals surface area (Å²) in [6.45, 7) is 0. The maximum Gasteiger partial charge on any atom is 0.326 e. The zero-order valence-corrected chi connectivity index (χ0v) is 17.6. The number of carbonyl (C=O) groups is 4. The number of aryl methyl sites for hydroxylation is 1. The highest BCUT2D eigenvalue weighted by atomic mass is 16.4. The average molecular weight is 456 g/mol. The zero-order chi connectivity index (χ0) is 24.1. The van der Waals surface area contributed by atoms with E-state index in [0.29, 0.717) is 30.6 Å². The van der Waals surface area contributed by atoms with Gasteiger partial charge in [0.2, 0.25) is 11.9 Å². The SMILES string of the molecule is Nc1nc(N)c2c(n1)NC(=O)C(CCc1ccc(C(=O)NC(CCC(=O)O)C(=O)O)cc1)C2. The van der Waals surface area contributed by atoms with Crippen molar-refractivity contribution in [1.82, 2.24) is 15.3 Å². The maximum absolute atomic E-state index is 12.4. The van der Waals surface area contributed by atoms with Gasteiger partial charge in [-0.1, -0.05) is 12.1 Å². The number of hydrogen-bond acceptors (Lipinski definition) is 8. The number of anilines is 3. The number of benzene rings is 1. The van der Waals surface area contributed by atoms with Crippen LogP contribution in [0.15, 0.2) is 24.3 Å². The monoisotopic (exact) mass is 456 g/mol. The minimum Gasteiger partial charge on any atom is -0.481 e. The molecule has 0 radical (unpaired) electrons. The molecule has 0 fully saturated rings. The predicted octanol–water partition coefficient (Wildman–Crippen LogP) is 0.432. The third-order valence-corrected chi connectivity index (χ3v) is 5.37. The van der Waals surface area contributed by atoms with Crippen molar-refractivity contribution in [3.05, 3.63) is 41.0 Å². The van der Waals surface area contributed by atoms with Crippen LogP contribution in [0.3, 0.4) is 0 Å². The van der Waals surface area contributed by atoms with E-state index >= 15 is 0 Å². The number of hydrogen-bond donors (Lipinski definition) is 6. The molecular formula is C21H24N6O6. The zero-order valence-electron chi connectivity index (χ0n) is 17.6. The van der Waals surface area contributed by atoms with Crippen LogP contribution in [0.5, 0.6) is 0 Å². The van der Waals surface area contributed by atoms with Crippen LogP contribution in [0.4, 0.5) is 17.6 Å². The highest BCUT2D eigenvalue weighted by Crippen LogP contribution is 2.30. The molecule has 0 saturated carbocycles. The fraction of sp³-hybridized carbons (Fsp3) is 0.333. The summed E-state index contributed by atoms with van der Waals surface area (Å²) in [6, 6.07) is 5.23. The quantitative estimate of drug-likeness (QED) is 0.306. The van der Waals surface area contributed by atoms with E-state index in [1.165, 1.54) is 0 Å². The number of nitrogen functional groups attached to an aromatic ring is 2. The number of carboxylic acid groups (broad SMARTS) is 2. The first kappa shape index (κ1) is 23.4. The molecule has 2 unspecified atom stereocenters. The van der Waals surface area contributed by atoms with Gasteiger partial charge in [0.25, 0.3) is 5.91 Å². The highest BCUT2D eigenvalue weighted by Gasteiger charge is 2.29. The summed E-state index contributed by atoms with van der Waals surface area (Å²) in [5, 5.41) is 22.9. The van der Waals surface area contributed by atoms with Crippen LogP contribution in [-0.4, -0.2) is 50.0 Å². The normalized spacial score (nSPS) is 15.8. The van der Waals surface area contributed by atoms with Crippen molar-refractivity contribution in [2.75, 3.05) is 16.8 Å². The van der Waals surface area contributed by atoms with Crippen LogP contribution >= 0.6 is 0 Å². The summed E-state index contributed by atoms with van der Waals surface area (Å²) >= 11 is 0. The van der Waals surface area contributed by atoms with E-state index in [1.54, 1.807) is 24.3 Å². The van der Waals surface area contributed by atoms with Gasteiger partial charge in [0.15, 0.2) is 0 Å². The Morgan fingerprint density at radius 3 is 2.48 bits per heavy atom. The Morgan fingerprint density at radius 1 is 1.15 bits per heavy atom. The van der Waals surface area contributed by atoms with Crippen LogP contribution in [0.1, 0.15) is 40.7 Å². The van der Waals surface area contributed by atoms with Crippen molar-refractivity contribution in [2.24, 2.45) is 5.92 Å². The first-order valence-corrected chi connectivity index (χ1v) is 10.2. The Hall–Kier alpha value is -4.22. The molecule has 2 amide bonds. The van der Waals surface area contributed by atoms with E-state index in [4.69, 9.17) is 16.6 Å². The number of aliphatic carboxylic acids is 2. The molecule has 33 heavy (non-hydrogen) atoms. The molecule has 1 aromatic heterocycles. The van der Waals surface area contributed by atoms with E-state index in [2.05, 4.69) is 20.6 Å². The first-order chi connectivity index (χ1) is 15.6. The van der Waals surface area contributed by atoms with Gasteiger partial charge in [-0.25, -0.2) is 4.79 Å². The largest absolute Gasteiger partial charge is 0.481 e. The van der Waals surface area contributed by atoms with Gasteiger partial charge in [0.05, 0.1) is 0 Å². The molecule has 3 rings (SSSR count). The fourth-order valence-electron chi connectivity index (χ4n) is 3.55. The molecule has 1 aromatic carbocycles. The van der Waals surface area contributed by atoms with E-state index in [0.717, 1.165) is 5.56 Å². The Kier molecular flexibility index (Phi) is 7.06. The number of nitrogens with zero attached hydrogens (tertiary/aromatic N) is 2. The average Bonchev–Trinajstić information content (AvgIpc) is 2.75. The molecule has 0 spiro atoms. The second-order valence-corrected chi connectivity index (χ2v) is 7.72. The van der Waals surface area contributed by atoms with Crippen LogP contribution in [-0.2, 0) is 27.2 Å². The van der Waals surface area contributed by atoms with Crippen molar-refractivity contribution >= 4 is 41.3 Å². The Bertz CT molecular complexity index is 1090. The molecule has 0 bridgehead atoms. The Morgan fingerprint density at radius 2 is 1.85 bits per heavy atom. The number of rotatable bonds is 9. The molecule has 1 aliphatic heterocycles. The van der Waals surface area contributed by atoms with Gasteiger partial charge in [0, 0.05) is 23.5 Å². The van der Waals surface area contributed by atoms with E-state index < -0.39 is 23.9 Å². The number of carbonyl (C=O) groups excluding carboxylic acids is 2. The van der Waals surface area contributed by atoms with E-state index in [1.807, 2.05) is 0 Å². The predicted molar refractivity (Wildman–Crippen MR) is 117 cm³/mol. The lowest BCUT2D eigenvalue weighted by atomic mass is 9.89. The molecule has 0 aliphatic carbocycles. The third-order valence-electron chi connectivity index (χ3n) is 5.37. The lowest BCUT2D eigenvalue weighted by Crippen LogP contribution is -2.41. The summed E-state index contributed by atoms with van der Waals surface area (Å²) in [4.78, 5) is 54.6. The van der Waals surface area contributed by atoms with Crippen molar-refractivity contribution in [2.45, 2.75) is 38.1 Å². The summed E-state index contributed by atoms with van der Waals surface area (Å²) in [5.74, 6) is -3.02. The van der Waals surface area contributed by atoms with Crippen molar-refractivity contribution in [1.29, 1.82) is 0 Å². The van der Waals surface area contributed by atoms with Crippen LogP contribution in [0.2, 0.25) is 0 Å². The molecule has 8 N–H and O–H groups in total. The number of fused-ring (bicyclic) bond motifs is 1. The summed E-state index contributed by atoms with van der Waals surface area (Å²) in [7, 11) is 0. The molecule has 2 aromatic rings. The van der Waals surface area contributed by atoms with Crippen molar-refractivity contribution in [3.8, 4) is 0 Å². The van der Waals surface area contributed by atoms with E-state index in [9.17, 15) is 24.3 Å². The number of carboxylic acids is 2.